The van der Waals surface area contributed by atoms with Crippen molar-refractivity contribution in [1.29, 1.82) is 0 Å². The van der Waals surface area contributed by atoms with E-state index in [1.807, 2.05) is 0 Å². The van der Waals surface area contributed by atoms with Gasteiger partial charge < -0.3 is 9.47 Å². The van der Waals surface area contributed by atoms with Crippen molar-refractivity contribution in [3.63, 3.8) is 0 Å². The number of methoxy groups -OCH3 is 1. The molecule has 0 radical (unpaired) electrons. The Kier molecular flexibility index (Phi) is 4.72. The second-order valence-electron chi connectivity index (χ2n) is 4.04. The number of benzene rings is 2. The fraction of sp³-hybridized carbons (Fsp3) is 0.143. The minimum atomic E-state index is -1.58. The minimum absolute atomic E-state index is 0.122. The average molecular weight is 365 g/mol. The molecule has 0 unspecified atom stereocenters. The highest BCUT2D eigenvalue weighted by Gasteiger charge is 2.21. The Hall–Kier alpha value is -1.76. The largest absolute Gasteiger partial charge is 0.496 e. The van der Waals surface area contributed by atoms with E-state index in [1.54, 1.807) is 18.2 Å². The first kappa shape index (κ1) is 15.6. The predicted molar refractivity (Wildman–Crippen MR) is 71.3 cm³/mol. The fourth-order valence-corrected chi connectivity index (χ4v) is 2.10. The van der Waals surface area contributed by atoms with Crippen molar-refractivity contribution >= 4 is 15.9 Å². The first-order valence-electron chi connectivity index (χ1n) is 5.72. The van der Waals surface area contributed by atoms with Gasteiger partial charge in [-0.1, -0.05) is 15.9 Å². The van der Waals surface area contributed by atoms with Crippen LogP contribution in [0.2, 0.25) is 0 Å². The van der Waals surface area contributed by atoms with Crippen molar-refractivity contribution in [2.45, 2.75) is 6.61 Å². The van der Waals surface area contributed by atoms with Gasteiger partial charge in [-0.3, -0.25) is 0 Å². The number of hydrogen-bond donors (Lipinski definition) is 0. The van der Waals surface area contributed by atoms with Gasteiger partial charge in [-0.25, -0.2) is 8.78 Å². The van der Waals surface area contributed by atoms with Crippen molar-refractivity contribution < 1.29 is 27.0 Å². The molecule has 0 heterocycles. The van der Waals surface area contributed by atoms with Crippen LogP contribution in [0.3, 0.4) is 0 Å². The van der Waals surface area contributed by atoms with Gasteiger partial charge in [-0.2, -0.15) is 8.78 Å². The molecule has 2 aromatic carbocycles. The first-order valence-corrected chi connectivity index (χ1v) is 6.51. The van der Waals surface area contributed by atoms with Crippen LogP contribution in [0.5, 0.6) is 11.5 Å². The monoisotopic (exact) mass is 364 g/mol. The van der Waals surface area contributed by atoms with Gasteiger partial charge in [0.15, 0.2) is 17.4 Å². The van der Waals surface area contributed by atoms with Gasteiger partial charge in [0.2, 0.25) is 11.6 Å². The van der Waals surface area contributed by atoms with E-state index in [0.717, 1.165) is 0 Å². The van der Waals surface area contributed by atoms with E-state index in [2.05, 4.69) is 15.9 Å². The van der Waals surface area contributed by atoms with Crippen LogP contribution in [0.15, 0.2) is 28.7 Å². The smallest absolute Gasteiger partial charge is 0.203 e. The van der Waals surface area contributed by atoms with Crippen LogP contribution in [0, 0.1) is 23.3 Å². The summed E-state index contributed by atoms with van der Waals surface area (Å²) in [5, 5.41) is 0. The zero-order chi connectivity index (χ0) is 15.6. The molecule has 21 heavy (non-hydrogen) atoms. The SMILES string of the molecule is COc1ccc(Br)cc1COc1c(F)c(F)cc(F)c1F. The Morgan fingerprint density at radius 3 is 2.19 bits per heavy atom. The van der Waals surface area contributed by atoms with E-state index in [4.69, 9.17) is 9.47 Å². The lowest BCUT2D eigenvalue weighted by atomic mass is 10.2. The molecule has 0 aliphatic heterocycles. The molecule has 0 fully saturated rings. The molecule has 0 aliphatic rings. The lowest BCUT2D eigenvalue weighted by Gasteiger charge is -2.12. The average Bonchev–Trinajstić information content (AvgIpc) is 2.45. The Morgan fingerprint density at radius 1 is 1.00 bits per heavy atom. The summed E-state index contributed by atoms with van der Waals surface area (Å²) in [6.07, 6.45) is 0. The highest BCUT2D eigenvalue weighted by molar-refractivity contribution is 9.10. The highest BCUT2D eigenvalue weighted by Crippen LogP contribution is 2.29. The molecule has 0 aliphatic carbocycles. The molecular weight excluding hydrogens is 356 g/mol. The van der Waals surface area contributed by atoms with Crippen LogP contribution in [0.1, 0.15) is 5.56 Å². The van der Waals surface area contributed by atoms with Crippen LogP contribution >= 0.6 is 15.9 Å². The maximum atomic E-state index is 13.5. The standard InChI is InChI=1S/C14H9BrF4O2/c1-20-11-3-2-8(15)4-7(11)6-21-14-12(18)9(16)5-10(17)13(14)19/h2-5H,6H2,1H3. The van der Waals surface area contributed by atoms with Gasteiger partial charge in [0.05, 0.1) is 7.11 Å². The number of ether oxygens (including phenoxy) is 2. The molecule has 2 aromatic rings. The van der Waals surface area contributed by atoms with E-state index >= 15 is 0 Å². The summed E-state index contributed by atoms with van der Waals surface area (Å²) in [6.45, 7) is -0.320. The molecule has 0 atom stereocenters. The third-order valence-corrected chi connectivity index (χ3v) is 3.18. The summed E-state index contributed by atoms with van der Waals surface area (Å²) in [7, 11) is 1.41. The van der Waals surface area contributed by atoms with E-state index in [-0.39, 0.29) is 12.7 Å². The van der Waals surface area contributed by atoms with Gasteiger partial charge >= 0.3 is 0 Å². The molecule has 0 N–H and O–H groups in total. The summed E-state index contributed by atoms with van der Waals surface area (Å²) in [6, 6.07) is 5.04. The molecule has 0 amide bonds. The van der Waals surface area contributed by atoms with Gasteiger partial charge in [0.1, 0.15) is 12.4 Å². The van der Waals surface area contributed by atoms with Crippen LogP contribution in [0.4, 0.5) is 17.6 Å². The molecule has 0 saturated carbocycles. The van der Waals surface area contributed by atoms with E-state index in [9.17, 15) is 17.6 Å². The number of rotatable bonds is 4. The van der Waals surface area contributed by atoms with Crippen LogP contribution in [-0.4, -0.2) is 7.11 Å². The minimum Gasteiger partial charge on any atom is -0.496 e. The van der Waals surface area contributed by atoms with Crippen LogP contribution in [-0.2, 0) is 6.61 Å². The summed E-state index contributed by atoms with van der Waals surface area (Å²) < 4.78 is 63.7. The van der Waals surface area contributed by atoms with E-state index in [0.29, 0.717) is 15.8 Å². The fourth-order valence-electron chi connectivity index (χ4n) is 1.69. The normalized spacial score (nSPS) is 10.6. The molecule has 112 valence electrons. The van der Waals surface area contributed by atoms with Crippen LogP contribution < -0.4 is 9.47 Å². The Bertz CT molecular complexity index is 650. The van der Waals surface area contributed by atoms with E-state index in [1.165, 1.54) is 7.11 Å². The maximum Gasteiger partial charge on any atom is 0.203 e. The third-order valence-electron chi connectivity index (χ3n) is 2.69. The van der Waals surface area contributed by atoms with Crippen molar-refractivity contribution in [2.24, 2.45) is 0 Å². The molecule has 2 nitrogen and oxygen atoms in total. The van der Waals surface area contributed by atoms with Gasteiger partial charge in [-0.15, -0.1) is 0 Å². The number of halogens is 5. The third kappa shape index (κ3) is 3.29. The second-order valence-corrected chi connectivity index (χ2v) is 4.96. The quantitative estimate of drug-likeness (QED) is 0.583. The summed E-state index contributed by atoms with van der Waals surface area (Å²) in [5.41, 5.74) is 0.454. The van der Waals surface area contributed by atoms with Crippen molar-refractivity contribution in [2.75, 3.05) is 7.11 Å². The summed E-state index contributed by atoms with van der Waals surface area (Å²) >= 11 is 3.22. The van der Waals surface area contributed by atoms with Gasteiger partial charge in [-0.05, 0) is 18.2 Å². The molecular formula is C14H9BrF4O2. The second kappa shape index (κ2) is 6.34. The molecule has 7 heteroatoms. The van der Waals surface area contributed by atoms with Gasteiger partial charge in [0.25, 0.3) is 0 Å². The maximum absolute atomic E-state index is 13.5. The van der Waals surface area contributed by atoms with Crippen molar-refractivity contribution in [1.82, 2.24) is 0 Å². The zero-order valence-corrected chi connectivity index (χ0v) is 12.3. The summed E-state index contributed by atoms with van der Waals surface area (Å²) in [4.78, 5) is 0. The Balaban J connectivity index is 2.31. The lowest BCUT2D eigenvalue weighted by Crippen LogP contribution is -2.05. The molecule has 0 spiro atoms. The Morgan fingerprint density at radius 2 is 1.62 bits per heavy atom. The van der Waals surface area contributed by atoms with Crippen molar-refractivity contribution in [3.05, 3.63) is 57.6 Å². The molecule has 0 saturated heterocycles. The van der Waals surface area contributed by atoms with Gasteiger partial charge in [0, 0.05) is 16.1 Å². The van der Waals surface area contributed by atoms with Crippen LogP contribution in [0.25, 0.3) is 0 Å². The summed E-state index contributed by atoms with van der Waals surface area (Å²) in [5.74, 6) is -6.90. The topological polar surface area (TPSA) is 18.5 Å². The van der Waals surface area contributed by atoms with Crippen molar-refractivity contribution in [3.8, 4) is 11.5 Å². The molecule has 2 rings (SSSR count). The predicted octanol–water partition coefficient (Wildman–Crippen LogP) is 4.59. The zero-order valence-electron chi connectivity index (χ0n) is 10.7. The lowest BCUT2D eigenvalue weighted by molar-refractivity contribution is 0.256. The molecule has 0 bridgehead atoms. The Labute approximate surface area is 126 Å². The molecule has 0 aromatic heterocycles. The van der Waals surface area contributed by atoms with E-state index < -0.39 is 29.0 Å². The highest BCUT2D eigenvalue weighted by atomic mass is 79.9. The number of hydrogen-bond acceptors (Lipinski definition) is 2. The first-order chi connectivity index (χ1) is 9.93.